The first-order chi connectivity index (χ1) is 8.56. The average molecular weight is 257 g/mol. The minimum Gasteiger partial charge on any atom is -0.365 e. The first kappa shape index (κ1) is 14.9. The second-order valence-corrected chi connectivity index (χ2v) is 4.64. The number of urea groups is 1. The Bertz CT molecular complexity index is 290. The lowest BCUT2D eigenvalue weighted by Crippen LogP contribution is -2.47. The Morgan fingerprint density at radius 1 is 1.39 bits per heavy atom. The van der Waals surface area contributed by atoms with Gasteiger partial charge >= 0.3 is 6.03 Å². The molecule has 1 aliphatic carbocycles. The van der Waals surface area contributed by atoms with E-state index in [0.29, 0.717) is 12.5 Å². The number of rotatable bonds is 6. The molecule has 1 atom stereocenters. The van der Waals surface area contributed by atoms with Crippen LogP contribution in [-0.4, -0.2) is 44.3 Å². The van der Waals surface area contributed by atoms with E-state index in [1.165, 1.54) is 0 Å². The van der Waals surface area contributed by atoms with Crippen LogP contribution in [0, 0.1) is 5.92 Å². The lowest BCUT2D eigenvalue weighted by atomic mass is 9.82. The van der Waals surface area contributed by atoms with Crippen molar-refractivity contribution in [1.82, 2.24) is 16.0 Å². The summed E-state index contributed by atoms with van der Waals surface area (Å²) >= 11 is 0. The van der Waals surface area contributed by atoms with Crippen LogP contribution in [-0.2, 0) is 9.53 Å². The highest BCUT2D eigenvalue weighted by atomic mass is 16.5. The monoisotopic (exact) mass is 257 g/mol. The van der Waals surface area contributed by atoms with Crippen molar-refractivity contribution in [3.05, 3.63) is 0 Å². The van der Waals surface area contributed by atoms with Gasteiger partial charge < -0.3 is 15.4 Å². The molecule has 1 saturated carbocycles. The molecule has 0 heterocycles. The Balaban J connectivity index is 2.19. The van der Waals surface area contributed by atoms with E-state index in [1.807, 2.05) is 7.05 Å². The van der Waals surface area contributed by atoms with E-state index in [9.17, 15) is 9.59 Å². The summed E-state index contributed by atoms with van der Waals surface area (Å²) in [6.07, 6.45) is 1.49. The van der Waals surface area contributed by atoms with Crippen molar-refractivity contribution >= 4 is 11.9 Å². The number of hydrogen-bond acceptors (Lipinski definition) is 4. The standard InChI is InChI=1S/C12H23N3O3/c1-4-14-12(17)15-11(16)8(2)18-10-5-9(6-10)7-13-3/h8-10,13H,4-7H2,1-3H3,(H2,14,15,16,17). The molecule has 3 amide bonds. The van der Waals surface area contributed by atoms with Gasteiger partial charge in [0.15, 0.2) is 0 Å². The summed E-state index contributed by atoms with van der Waals surface area (Å²) in [5, 5.41) is 7.86. The van der Waals surface area contributed by atoms with Crippen LogP contribution in [0.3, 0.4) is 0 Å². The topological polar surface area (TPSA) is 79.5 Å². The number of nitrogens with one attached hydrogen (secondary N) is 3. The van der Waals surface area contributed by atoms with E-state index < -0.39 is 18.0 Å². The minimum atomic E-state index is -0.590. The molecule has 0 aromatic rings. The molecule has 0 aromatic carbocycles. The number of amides is 3. The normalized spacial score (nSPS) is 23.9. The van der Waals surface area contributed by atoms with E-state index in [1.54, 1.807) is 13.8 Å². The third-order valence-electron chi connectivity index (χ3n) is 3.03. The van der Waals surface area contributed by atoms with Crippen molar-refractivity contribution in [3.8, 4) is 0 Å². The highest BCUT2D eigenvalue weighted by Crippen LogP contribution is 2.30. The summed E-state index contributed by atoms with van der Waals surface area (Å²) in [6.45, 7) is 4.93. The number of hydrogen-bond donors (Lipinski definition) is 3. The van der Waals surface area contributed by atoms with Crippen molar-refractivity contribution in [1.29, 1.82) is 0 Å². The fraction of sp³-hybridized carbons (Fsp3) is 0.833. The lowest BCUT2D eigenvalue weighted by Gasteiger charge is -2.36. The molecule has 0 spiro atoms. The van der Waals surface area contributed by atoms with Crippen LogP contribution in [0.2, 0.25) is 0 Å². The number of ether oxygens (including phenoxy) is 1. The Morgan fingerprint density at radius 2 is 2.06 bits per heavy atom. The van der Waals surface area contributed by atoms with Gasteiger partial charge in [0.25, 0.3) is 5.91 Å². The molecule has 1 unspecified atom stereocenters. The second kappa shape index (κ2) is 7.33. The van der Waals surface area contributed by atoms with E-state index in [4.69, 9.17) is 4.74 Å². The van der Waals surface area contributed by atoms with Gasteiger partial charge in [-0.25, -0.2) is 4.79 Å². The first-order valence-corrected chi connectivity index (χ1v) is 6.45. The molecule has 0 bridgehead atoms. The lowest BCUT2D eigenvalue weighted by molar-refractivity contribution is -0.140. The van der Waals surface area contributed by atoms with Crippen molar-refractivity contribution in [3.63, 3.8) is 0 Å². The molecule has 1 fully saturated rings. The summed E-state index contributed by atoms with van der Waals surface area (Å²) in [6, 6.07) is -0.473. The Kier molecular flexibility index (Phi) is 6.07. The first-order valence-electron chi connectivity index (χ1n) is 6.45. The summed E-state index contributed by atoms with van der Waals surface area (Å²) in [4.78, 5) is 22.8. The van der Waals surface area contributed by atoms with Gasteiger partial charge in [0, 0.05) is 6.54 Å². The van der Waals surface area contributed by atoms with Crippen LogP contribution >= 0.6 is 0 Å². The third kappa shape index (κ3) is 4.62. The minimum absolute atomic E-state index is 0.137. The van der Waals surface area contributed by atoms with Crippen LogP contribution in [0.4, 0.5) is 4.79 Å². The molecule has 18 heavy (non-hydrogen) atoms. The average Bonchev–Trinajstić information content (AvgIpc) is 2.26. The molecule has 6 heteroatoms. The van der Waals surface area contributed by atoms with Crippen molar-refractivity contribution in [2.45, 2.75) is 38.9 Å². The van der Waals surface area contributed by atoms with E-state index in [-0.39, 0.29) is 6.10 Å². The van der Waals surface area contributed by atoms with E-state index in [2.05, 4.69) is 16.0 Å². The molecule has 0 radical (unpaired) electrons. The van der Waals surface area contributed by atoms with Gasteiger partial charge in [-0.1, -0.05) is 0 Å². The fourth-order valence-corrected chi connectivity index (χ4v) is 2.01. The molecule has 104 valence electrons. The van der Waals surface area contributed by atoms with E-state index in [0.717, 1.165) is 19.4 Å². The van der Waals surface area contributed by atoms with Gasteiger partial charge in [0.05, 0.1) is 6.10 Å². The van der Waals surface area contributed by atoms with Crippen LogP contribution in [0.15, 0.2) is 0 Å². The maximum Gasteiger partial charge on any atom is 0.321 e. The molecular formula is C12H23N3O3. The SMILES string of the molecule is CCNC(=O)NC(=O)C(C)OC1CC(CNC)C1. The van der Waals surface area contributed by atoms with Crippen LogP contribution in [0.25, 0.3) is 0 Å². The molecule has 0 saturated heterocycles. The maximum absolute atomic E-state index is 11.6. The van der Waals surface area contributed by atoms with Crippen molar-refractivity contribution in [2.75, 3.05) is 20.1 Å². The molecule has 3 N–H and O–H groups in total. The Labute approximate surface area is 108 Å². The molecule has 0 aliphatic heterocycles. The van der Waals surface area contributed by atoms with Crippen molar-refractivity contribution < 1.29 is 14.3 Å². The van der Waals surface area contributed by atoms with Gasteiger partial charge in [0.2, 0.25) is 0 Å². The van der Waals surface area contributed by atoms with E-state index >= 15 is 0 Å². The van der Waals surface area contributed by atoms with Gasteiger partial charge in [0.1, 0.15) is 6.10 Å². The van der Waals surface area contributed by atoms with Gasteiger partial charge in [-0.15, -0.1) is 0 Å². The molecule has 1 rings (SSSR count). The number of carbonyl (C=O) groups excluding carboxylic acids is 2. The van der Waals surface area contributed by atoms with Crippen LogP contribution in [0.1, 0.15) is 26.7 Å². The molecular weight excluding hydrogens is 234 g/mol. The van der Waals surface area contributed by atoms with Crippen LogP contribution in [0.5, 0.6) is 0 Å². The zero-order valence-corrected chi connectivity index (χ0v) is 11.3. The summed E-state index contributed by atoms with van der Waals surface area (Å²) in [5.41, 5.74) is 0. The Hall–Kier alpha value is -1.14. The predicted molar refractivity (Wildman–Crippen MR) is 68.2 cm³/mol. The third-order valence-corrected chi connectivity index (χ3v) is 3.03. The quantitative estimate of drug-likeness (QED) is 0.636. The number of imide groups is 1. The maximum atomic E-state index is 11.6. The molecule has 6 nitrogen and oxygen atoms in total. The summed E-state index contributed by atoms with van der Waals surface area (Å²) < 4.78 is 5.58. The van der Waals surface area contributed by atoms with Gasteiger partial charge in [-0.2, -0.15) is 0 Å². The van der Waals surface area contributed by atoms with Crippen LogP contribution < -0.4 is 16.0 Å². The smallest absolute Gasteiger partial charge is 0.321 e. The Morgan fingerprint density at radius 3 is 2.61 bits per heavy atom. The highest BCUT2D eigenvalue weighted by molar-refractivity contribution is 5.96. The second-order valence-electron chi connectivity index (χ2n) is 4.64. The summed E-state index contributed by atoms with van der Waals surface area (Å²) in [7, 11) is 1.93. The highest BCUT2D eigenvalue weighted by Gasteiger charge is 2.32. The number of carbonyl (C=O) groups is 2. The molecule has 0 aromatic heterocycles. The predicted octanol–water partition coefficient (Wildman–Crippen LogP) is 0.235. The van der Waals surface area contributed by atoms with Crippen molar-refractivity contribution in [2.24, 2.45) is 5.92 Å². The largest absolute Gasteiger partial charge is 0.365 e. The summed E-state index contributed by atoms with van der Waals surface area (Å²) in [5.74, 6) is 0.247. The van der Waals surface area contributed by atoms with Gasteiger partial charge in [-0.05, 0) is 46.2 Å². The van der Waals surface area contributed by atoms with Gasteiger partial charge in [-0.3, -0.25) is 10.1 Å². The molecule has 1 aliphatic rings. The fourth-order valence-electron chi connectivity index (χ4n) is 2.01. The zero-order chi connectivity index (χ0) is 13.5. The zero-order valence-electron chi connectivity index (χ0n) is 11.3.